The first-order valence-electron chi connectivity index (χ1n) is 17.1. The molecule has 0 aliphatic heterocycles. The van der Waals surface area contributed by atoms with Gasteiger partial charge in [0.25, 0.3) is 0 Å². The summed E-state index contributed by atoms with van der Waals surface area (Å²) < 4.78 is 0. The van der Waals surface area contributed by atoms with E-state index in [1.807, 2.05) is 4.90 Å². The Balaban J connectivity index is 4.46. The molecule has 0 fully saturated rings. The molecule has 0 saturated carbocycles. The number of nitrogens with one attached hydrogen (secondary N) is 2. The predicted octanol–water partition coefficient (Wildman–Crippen LogP) is 3.44. The number of unbranched alkanes of at least 4 members (excludes halogenated alkanes) is 12. The average Bonchev–Trinajstić information content (AvgIpc) is 2.98. The third kappa shape index (κ3) is 23.8. The summed E-state index contributed by atoms with van der Waals surface area (Å²) in [7, 11) is 0. The van der Waals surface area contributed by atoms with Crippen molar-refractivity contribution in [3.05, 3.63) is 0 Å². The predicted molar refractivity (Wildman–Crippen MR) is 175 cm³/mol. The van der Waals surface area contributed by atoms with Gasteiger partial charge in [-0.1, -0.05) is 84.0 Å². The van der Waals surface area contributed by atoms with Crippen molar-refractivity contribution < 1.29 is 14.4 Å². The lowest BCUT2D eigenvalue weighted by atomic mass is 10.1. The lowest BCUT2D eigenvalue weighted by Gasteiger charge is -2.23. The van der Waals surface area contributed by atoms with Gasteiger partial charge in [0.15, 0.2) is 0 Å². The molecule has 2 atom stereocenters. The molecule has 0 rings (SSSR count). The number of carbonyl (C=O) groups excluding carboxylic acids is 3. The molecule has 0 aromatic heterocycles. The van der Waals surface area contributed by atoms with Crippen LogP contribution in [0.25, 0.3) is 0 Å². The largest absolute Gasteiger partial charge is 0.355 e. The van der Waals surface area contributed by atoms with Crippen molar-refractivity contribution >= 4 is 17.7 Å². The zero-order chi connectivity index (χ0) is 31.3. The summed E-state index contributed by atoms with van der Waals surface area (Å²) in [5.74, 6) is -0.173. The van der Waals surface area contributed by atoms with Gasteiger partial charge in [-0.25, -0.2) is 0 Å². The minimum Gasteiger partial charge on any atom is -0.355 e. The molecule has 0 radical (unpaired) electrons. The molecule has 3 amide bonds. The van der Waals surface area contributed by atoms with E-state index >= 15 is 0 Å². The van der Waals surface area contributed by atoms with Crippen LogP contribution in [0.15, 0.2) is 0 Å². The molecule has 0 bridgehead atoms. The van der Waals surface area contributed by atoms with Gasteiger partial charge in [-0.2, -0.15) is 0 Å². The lowest BCUT2D eigenvalue weighted by molar-refractivity contribution is -0.131. The van der Waals surface area contributed by atoms with E-state index in [4.69, 9.17) is 22.9 Å². The molecule has 10 heteroatoms. The molecule has 0 spiro atoms. The average molecular weight is 598 g/mol. The van der Waals surface area contributed by atoms with Gasteiger partial charge in [-0.3, -0.25) is 14.4 Å². The zero-order valence-corrected chi connectivity index (χ0v) is 27.0. The maximum absolute atomic E-state index is 13.1. The van der Waals surface area contributed by atoms with Gasteiger partial charge >= 0.3 is 0 Å². The third-order valence-electron chi connectivity index (χ3n) is 7.77. The maximum atomic E-state index is 13.1. The highest BCUT2D eigenvalue weighted by Gasteiger charge is 2.16. The number of rotatable bonds is 30. The van der Waals surface area contributed by atoms with E-state index in [0.29, 0.717) is 71.4 Å². The van der Waals surface area contributed by atoms with Crippen LogP contribution in [0.5, 0.6) is 0 Å². The van der Waals surface area contributed by atoms with Crippen molar-refractivity contribution in [1.29, 1.82) is 0 Å². The summed E-state index contributed by atoms with van der Waals surface area (Å²) >= 11 is 0. The third-order valence-corrected chi connectivity index (χ3v) is 7.77. The summed E-state index contributed by atoms with van der Waals surface area (Å²) in [5.41, 5.74) is 23.0. The topological polar surface area (TPSA) is 183 Å². The number of amides is 3. The number of hydrogen-bond acceptors (Lipinski definition) is 7. The Morgan fingerprint density at radius 1 is 0.571 bits per heavy atom. The first-order chi connectivity index (χ1) is 20.4. The minimum atomic E-state index is -0.527. The molecule has 10 N–H and O–H groups in total. The van der Waals surface area contributed by atoms with Crippen LogP contribution < -0.4 is 33.6 Å². The van der Waals surface area contributed by atoms with Crippen LogP contribution in [0.4, 0.5) is 0 Å². The van der Waals surface area contributed by atoms with Crippen molar-refractivity contribution in [3.8, 4) is 0 Å². The van der Waals surface area contributed by atoms with E-state index in [1.54, 1.807) is 0 Å². The fraction of sp³-hybridized carbons (Fsp3) is 0.906. The molecule has 0 aliphatic carbocycles. The van der Waals surface area contributed by atoms with E-state index in [9.17, 15) is 14.4 Å². The molecule has 0 heterocycles. The molecule has 42 heavy (non-hydrogen) atoms. The summed E-state index contributed by atoms with van der Waals surface area (Å²) in [6.45, 7) is 5.52. The highest BCUT2D eigenvalue weighted by molar-refractivity contribution is 5.81. The summed E-state index contributed by atoms with van der Waals surface area (Å²) in [6, 6.07) is -1.05. The fourth-order valence-corrected chi connectivity index (χ4v) is 4.96. The van der Waals surface area contributed by atoms with Crippen molar-refractivity contribution in [2.24, 2.45) is 22.9 Å². The van der Waals surface area contributed by atoms with Gasteiger partial charge in [0.2, 0.25) is 17.7 Å². The minimum absolute atomic E-state index is 0.139. The lowest BCUT2D eigenvalue weighted by Crippen LogP contribution is -2.43. The van der Waals surface area contributed by atoms with Gasteiger partial charge in [0.1, 0.15) is 0 Å². The van der Waals surface area contributed by atoms with Crippen LogP contribution in [0.3, 0.4) is 0 Å². The first-order valence-corrected chi connectivity index (χ1v) is 17.1. The Morgan fingerprint density at radius 3 is 1.38 bits per heavy atom. The van der Waals surface area contributed by atoms with E-state index in [1.165, 1.54) is 57.8 Å². The van der Waals surface area contributed by atoms with Crippen molar-refractivity contribution in [1.82, 2.24) is 15.5 Å². The standard InChI is InChI=1S/C32H67N7O3/c1-2-3-4-5-6-7-8-9-10-11-12-21-30(40)39(26-17-24-37-31(41)28(35)19-13-15-22-33)27-18-25-38-32(42)29(36)20-14-16-23-34/h28-29H,2-27,33-36H2,1H3,(H,37,41)(H,38,42)/t28-,29-/m1/s1. The molecular formula is C32H67N7O3. The maximum Gasteiger partial charge on any atom is 0.236 e. The quantitative estimate of drug-likeness (QED) is 0.0685. The van der Waals surface area contributed by atoms with Crippen LogP contribution in [0.1, 0.15) is 135 Å². The molecule has 0 aromatic rings. The molecule has 248 valence electrons. The number of hydrogen-bond donors (Lipinski definition) is 6. The van der Waals surface area contributed by atoms with Crippen LogP contribution >= 0.6 is 0 Å². The number of nitrogens with two attached hydrogens (primary N) is 4. The van der Waals surface area contributed by atoms with E-state index < -0.39 is 12.1 Å². The summed E-state index contributed by atoms with van der Waals surface area (Å²) in [6.07, 6.45) is 20.2. The molecule has 0 aromatic carbocycles. The SMILES string of the molecule is CCCCCCCCCCCCCC(=O)N(CCCNC(=O)[C@H](N)CCCCN)CCCNC(=O)[C@H](N)CCCCN. The second-order valence-corrected chi connectivity index (χ2v) is 11.7. The normalized spacial score (nSPS) is 12.6. The summed E-state index contributed by atoms with van der Waals surface area (Å²) in [4.78, 5) is 39.4. The van der Waals surface area contributed by atoms with E-state index in [2.05, 4.69) is 17.6 Å². The van der Waals surface area contributed by atoms with Crippen molar-refractivity contribution in [2.45, 2.75) is 147 Å². The second-order valence-electron chi connectivity index (χ2n) is 11.7. The Hall–Kier alpha value is -1.75. The Kier molecular flexibility index (Phi) is 28.1. The van der Waals surface area contributed by atoms with Gasteiger partial charge in [0, 0.05) is 32.6 Å². The molecule has 0 saturated heterocycles. The first kappa shape index (κ1) is 40.2. The Bertz CT molecular complexity index is 630. The smallest absolute Gasteiger partial charge is 0.236 e. The van der Waals surface area contributed by atoms with Gasteiger partial charge in [-0.05, 0) is 58.0 Å². The van der Waals surface area contributed by atoms with Gasteiger partial charge in [0.05, 0.1) is 12.1 Å². The Morgan fingerprint density at radius 2 is 0.976 bits per heavy atom. The zero-order valence-electron chi connectivity index (χ0n) is 27.0. The highest BCUT2D eigenvalue weighted by Crippen LogP contribution is 2.13. The van der Waals surface area contributed by atoms with Crippen LogP contribution in [-0.4, -0.2) is 74.0 Å². The van der Waals surface area contributed by atoms with E-state index in [-0.39, 0.29) is 17.7 Å². The fourth-order valence-electron chi connectivity index (χ4n) is 4.96. The number of carbonyl (C=O) groups is 3. The molecule has 10 nitrogen and oxygen atoms in total. The second kappa shape index (κ2) is 29.3. The monoisotopic (exact) mass is 598 g/mol. The van der Waals surface area contributed by atoms with Gasteiger partial charge < -0.3 is 38.5 Å². The Labute approximate surface area is 257 Å². The molecule has 0 unspecified atom stereocenters. The van der Waals surface area contributed by atoms with Crippen LogP contribution in [0.2, 0.25) is 0 Å². The molecule has 0 aliphatic rings. The van der Waals surface area contributed by atoms with Crippen molar-refractivity contribution in [3.63, 3.8) is 0 Å². The van der Waals surface area contributed by atoms with E-state index in [0.717, 1.165) is 38.5 Å². The van der Waals surface area contributed by atoms with Crippen LogP contribution in [-0.2, 0) is 14.4 Å². The van der Waals surface area contributed by atoms with Crippen molar-refractivity contribution in [2.75, 3.05) is 39.3 Å². The summed E-state index contributed by atoms with van der Waals surface area (Å²) in [5, 5.41) is 5.80. The molecular weight excluding hydrogens is 530 g/mol. The highest BCUT2D eigenvalue weighted by atomic mass is 16.2. The van der Waals surface area contributed by atoms with Crippen LogP contribution in [0, 0.1) is 0 Å². The number of nitrogens with zero attached hydrogens (tertiary/aromatic N) is 1. The van der Waals surface area contributed by atoms with Gasteiger partial charge in [-0.15, -0.1) is 0 Å².